The highest BCUT2D eigenvalue weighted by atomic mass is 79.9. The Balaban J connectivity index is 1.92. The maximum absolute atomic E-state index is 13.5. The van der Waals surface area contributed by atoms with Crippen molar-refractivity contribution in [3.63, 3.8) is 0 Å². The van der Waals surface area contributed by atoms with Crippen molar-refractivity contribution in [1.29, 1.82) is 0 Å². The summed E-state index contributed by atoms with van der Waals surface area (Å²) in [6.07, 6.45) is 1.25. The molecule has 1 heterocycles. The molecule has 1 aromatic carbocycles. The molecular formula is C16H12BrF2NO4. The van der Waals surface area contributed by atoms with Gasteiger partial charge in [-0.3, -0.25) is 4.79 Å². The van der Waals surface area contributed by atoms with E-state index in [9.17, 15) is 18.4 Å². The molecule has 1 amide bonds. The van der Waals surface area contributed by atoms with Gasteiger partial charge in [-0.2, -0.15) is 0 Å². The van der Waals surface area contributed by atoms with Crippen molar-refractivity contribution in [2.75, 3.05) is 5.32 Å². The predicted octanol–water partition coefficient (Wildman–Crippen LogP) is 3.90. The summed E-state index contributed by atoms with van der Waals surface area (Å²) in [5.74, 6) is -2.67. The van der Waals surface area contributed by atoms with Gasteiger partial charge in [-0.1, -0.05) is 0 Å². The predicted molar refractivity (Wildman–Crippen MR) is 86.0 cm³/mol. The first kappa shape index (κ1) is 17.9. The van der Waals surface area contributed by atoms with Gasteiger partial charge in [0.2, 0.25) is 0 Å². The van der Waals surface area contributed by atoms with Crippen molar-refractivity contribution in [3.8, 4) is 0 Å². The van der Waals surface area contributed by atoms with Crippen LogP contribution in [-0.4, -0.2) is 18.0 Å². The highest BCUT2D eigenvalue weighted by Crippen LogP contribution is 2.16. The fraction of sp³-hybridized carbons (Fsp3) is 0.125. The van der Waals surface area contributed by atoms with Crippen LogP contribution in [0, 0.1) is 11.6 Å². The van der Waals surface area contributed by atoms with Crippen molar-refractivity contribution in [1.82, 2.24) is 0 Å². The molecule has 0 aliphatic heterocycles. The third-order valence-electron chi connectivity index (χ3n) is 2.83. The molecule has 2 aromatic rings. The van der Waals surface area contributed by atoms with Crippen molar-refractivity contribution >= 4 is 39.6 Å². The van der Waals surface area contributed by atoms with Crippen LogP contribution in [0.2, 0.25) is 0 Å². The summed E-state index contributed by atoms with van der Waals surface area (Å²) in [5, 5.41) is 2.15. The normalized spacial score (nSPS) is 12.2. The molecule has 0 radical (unpaired) electrons. The van der Waals surface area contributed by atoms with E-state index in [0.29, 0.717) is 10.4 Å². The second kappa shape index (κ2) is 7.87. The fourth-order valence-electron chi connectivity index (χ4n) is 1.66. The van der Waals surface area contributed by atoms with Gasteiger partial charge in [-0.05, 0) is 53.2 Å². The summed E-state index contributed by atoms with van der Waals surface area (Å²) in [6, 6.07) is 5.90. The molecule has 0 aliphatic carbocycles. The number of esters is 1. The molecular weight excluding hydrogens is 388 g/mol. The summed E-state index contributed by atoms with van der Waals surface area (Å²) >= 11 is 3.11. The summed E-state index contributed by atoms with van der Waals surface area (Å²) < 4.78 is 37.0. The smallest absolute Gasteiger partial charge is 0.331 e. The number of hydrogen-bond donors (Lipinski definition) is 1. The Morgan fingerprint density at radius 2 is 2.04 bits per heavy atom. The van der Waals surface area contributed by atoms with Gasteiger partial charge in [-0.15, -0.1) is 0 Å². The number of nitrogens with one attached hydrogen (secondary N) is 1. The van der Waals surface area contributed by atoms with Gasteiger partial charge >= 0.3 is 5.97 Å². The minimum atomic E-state index is -1.20. The first-order chi connectivity index (χ1) is 11.3. The van der Waals surface area contributed by atoms with Crippen LogP contribution in [0.4, 0.5) is 14.5 Å². The zero-order valence-electron chi connectivity index (χ0n) is 12.4. The number of furan rings is 1. The molecule has 0 saturated heterocycles. The Kier molecular flexibility index (Phi) is 5.86. The van der Waals surface area contributed by atoms with Crippen LogP contribution >= 0.6 is 15.9 Å². The number of anilines is 1. The van der Waals surface area contributed by atoms with E-state index in [1.807, 2.05) is 0 Å². The SMILES string of the molecule is CC(OC(=O)/C=C/c1ccc(Br)o1)C(=O)Nc1cc(F)ccc1F. The monoisotopic (exact) mass is 399 g/mol. The Bertz CT molecular complexity index is 788. The van der Waals surface area contributed by atoms with E-state index in [1.54, 1.807) is 12.1 Å². The summed E-state index contributed by atoms with van der Waals surface area (Å²) in [5.41, 5.74) is -0.334. The number of ether oxygens (including phenoxy) is 1. The Hall–Kier alpha value is -2.48. The Labute approximate surface area is 144 Å². The van der Waals surface area contributed by atoms with Gasteiger partial charge in [0.1, 0.15) is 17.4 Å². The van der Waals surface area contributed by atoms with Gasteiger partial charge in [0.05, 0.1) is 5.69 Å². The van der Waals surface area contributed by atoms with Crippen LogP contribution in [0.15, 0.2) is 45.5 Å². The molecule has 1 aromatic heterocycles. The molecule has 0 bridgehead atoms. The van der Waals surface area contributed by atoms with Crippen LogP contribution in [0.3, 0.4) is 0 Å². The number of carbonyl (C=O) groups is 2. The van der Waals surface area contributed by atoms with E-state index in [2.05, 4.69) is 21.2 Å². The number of rotatable bonds is 5. The zero-order chi connectivity index (χ0) is 17.7. The molecule has 0 aliphatic rings. The molecule has 126 valence electrons. The number of halogens is 3. The van der Waals surface area contributed by atoms with Gasteiger partial charge in [0.15, 0.2) is 10.8 Å². The van der Waals surface area contributed by atoms with Gasteiger partial charge in [0.25, 0.3) is 5.91 Å². The standard InChI is InChI=1S/C16H12BrF2NO4/c1-9(16(22)20-13-8-10(18)2-5-12(13)19)23-15(21)7-4-11-3-6-14(17)24-11/h2-9H,1H3,(H,20,22)/b7-4+. The fourth-order valence-corrected chi connectivity index (χ4v) is 1.98. The van der Waals surface area contributed by atoms with Crippen LogP contribution < -0.4 is 5.32 Å². The second-order valence-corrected chi connectivity index (χ2v) is 5.45. The lowest BCUT2D eigenvalue weighted by atomic mass is 10.2. The van der Waals surface area contributed by atoms with Crippen molar-refractivity contribution in [2.45, 2.75) is 13.0 Å². The number of hydrogen-bond acceptors (Lipinski definition) is 4. The number of carbonyl (C=O) groups excluding carboxylic acids is 2. The third kappa shape index (κ3) is 5.02. The molecule has 1 atom stereocenters. The van der Waals surface area contributed by atoms with Crippen molar-refractivity contribution in [3.05, 3.63) is 58.5 Å². The van der Waals surface area contributed by atoms with Crippen molar-refractivity contribution in [2.24, 2.45) is 0 Å². The maximum Gasteiger partial charge on any atom is 0.331 e. The first-order valence-corrected chi connectivity index (χ1v) is 7.54. The minimum Gasteiger partial charge on any atom is -0.450 e. The topological polar surface area (TPSA) is 68.5 Å². The van der Waals surface area contributed by atoms with Crippen LogP contribution in [0.25, 0.3) is 6.08 Å². The molecule has 5 nitrogen and oxygen atoms in total. The lowest BCUT2D eigenvalue weighted by Crippen LogP contribution is -2.29. The largest absolute Gasteiger partial charge is 0.450 e. The van der Waals surface area contributed by atoms with Gasteiger partial charge in [-0.25, -0.2) is 13.6 Å². The van der Waals surface area contributed by atoms with E-state index in [0.717, 1.165) is 24.3 Å². The quantitative estimate of drug-likeness (QED) is 0.611. The molecule has 8 heteroatoms. The van der Waals surface area contributed by atoms with Gasteiger partial charge in [0, 0.05) is 12.1 Å². The second-order valence-electron chi connectivity index (χ2n) is 4.67. The van der Waals surface area contributed by atoms with Crippen LogP contribution in [0.1, 0.15) is 12.7 Å². The third-order valence-corrected chi connectivity index (χ3v) is 3.25. The van der Waals surface area contributed by atoms with E-state index in [-0.39, 0.29) is 5.69 Å². The first-order valence-electron chi connectivity index (χ1n) is 6.75. The molecule has 24 heavy (non-hydrogen) atoms. The van der Waals surface area contributed by atoms with Gasteiger partial charge < -0.3 is 14.5 Å². The minimum absolute atomic E-state index is 0.334. The molecule has 1 unspecified atom stereocenters. The summed E-state index contributed by atoms with van der Waals surface area (Å²) in [6.45, 7) is 1.31. The zero-order valence-corrected chi connectivity index (χ0v) is 14.0. The molecule has 0 fully saturated rings. The molecule has 0 saturated carbocycles. The van der Waals surface area contributed by atoms with E-state index < -0.39 is 29.6 Å². The van der Waals surface area contributed by atoms with E-state index in [1.165, 1.54) is 13.0 Å². The van der Waals surface area contributed by atoms with Crippen LogP contribution in [-0.2, 0) is 14.3 Å². The Morgan fingerprint density at radius 1 is 1.29 bits per heavy atom. The van der Waals surface area contributed by atoms with E-state index >= 15 is 0 Å². The summed E-state index contributed by atoms with van der Waals surface area (Å²) in [4.78, 5) is 23.5. The number of amides is 1. The molecule has 2 rings (SSSR count). The molecule has 0 spiro atoms. The summed E-state index contributed by atoms with van der Waals surface area (Å²) in [7, 11) is 0. The average Bonchev–Trinajstić information content (AvgIpc) is 2.94. The average molecular weight is 400 g/mol. The lowest BCUT2D eigenvalue weighted by molar-refractivity contribution is -0.148. The lowest BCUT2D eigenvalue weighted by Gasteiger charge is -2.12. The molecule has 1 N–H and O–H groups in total. The van der Waals surface area contributed by atoms with E-state index in [4.69, 9.17) is 9.15 Å². The van der Waals surface area contributed by atoms with Crippen molar-refractivity contribution < 1.29 is 27.5 Å². The number of benzene rings is 1. The Morgan fingerprint density at radius 3 is 2.71 bits per heavy atom. The maximum atomic E-state index is 13.5. The van der Waals surface area contributed by atoms with Crippen LogP contribution in [0.5, 0.6) is 0 Å². The highest BCUT2D eigenvalue weighted by Gasteiger charge is 2.18. The highest BCUT2D eigenvalue weighted by molar-refractivity contribution is 9.10.